The molecule has 0 atom stereocenters. The van der Waals surface area contributed by atoms with Gasteiger partial charge in [0, 0.05) is 19.6 Å². The van der Waals surface area contributed by atoms with Gasteiger partial charge in [-0.2, -0.15) is 4.31 Å². The van der Waals surface area contributed by atoms with Gasteiger partial charge >= 0.3 is 0 Å². The number of sulfonamides is 1. The van der Waals surface area contributed by atoms with Crippen LogP contribution in [0.5, 0.6) is 0 Å². The highest BCUT2D eigenvalue weighted by molar-refractivity contribution is 7.89. The van der Waals surface area contributed by atoms with Crippen molar-refractivity contribution in [3.05, 3.63) is 0 Å². The van der Waals surface area contributed by atoms with E-state index in [1.54, 1.807) is 0 Å². The molecule has 1 heterocycles. The fraction of sp³-hybridized carbons (Fsp3) is 0.900. The molecule has 0 aromatic heterocycles. The second kappa shape index (κ2) is 6.32. The minimum atomic E-state index is -3.20. The maximum atomic E-state index is 11.6. The van der Waals surface area contributed by atoms with E-state index in [2.05, 4.69) is 5.32 Å². The first-order valence-corrected chi connectivity index (χ1v) is 7.42. The fourth-order valence-electron chi connectivity index (χ4n) is 1.65. The summed E-state index contributed by atoms with van der Waals surface area (Å²) in [6, 6.07) is 0. The zero-order valence-corrected chi connectivity index (χ0v) is 11.3. The normalized spacial score (nSPS) is 20.4. The molecule has 0 aliphatic carbocycles. The number of hydrogen-bond acceptors (Lipinski definition) is 4. The lowest BCUT2D eigenvalue weighted by atomic mass is 10.3. The molecule has 0 aromatic carbocycles. The van der Waals surface area contributed by atoms with Crippen molar-refractivity contribution in [1.82, 2.24) is 14.5 Å². The zero-order valence-electron chi connectivity index (χ0n) is 10.5. The summed E-state index contributed by atoms with van der Waals surface area (Å²) >= 11 is 0. The quantitative estimate of drug-likeness (QED) is 0.697. The second-order valence-corrected chi connectivity index (χ2v) is 6.60. The first-order chi connectivity index (χ1) is 7.92. The molecule has 1 N–H and O–H groups in total. The summed E-state index contributed by atoms with van der Waals surface area (Å²) in [7, 11) is 0.638. The van der Waals surface area contributed by atoms with Crippen molar-refractivity contribution >= 4 is 15.9 Å². The molecule has 0 radical (unpaired) electrons. The SMILES string of the molecule is CN(C)CCNC(=O)CN1CCCCS1(=O)=O. The van der Waals surface area contributed by atoms with Crippen molar-refractivity contribution in [3.8, 4) is 0 Å². The zero-order chi connectivity index (χ0) is 12.9. The van der Waals surface area contributed by atoms with Crippen LogP contribution < -0.4 is 5.32 Å². The number of carbonyl (C=O) groups is 1. The summed E-state index contributed by atoms with van der Waals surface area (Å²) < 4.78 is 24.6. The van der Waals surface area contributed by atoms with Crippen LogP contribution in [0.15, 0.2) is 0 Å². The Morgan fingerprint density at radius 1 is 1.35 bits per heavy atom. The maximum absolute atomic E-state index is 11.6. The van der Waals surface area contributed by atoms with Crippen molar-refractivity contribution in [3.63, 3.8) is 0 Å². The van der Waals surface area contributed by atoms with Gasteiger partial charge in [0.05, 0.1) is 12.3 Å². The molecule has 7 heteroatoms. The van der Waals surface area contributed by atoms with E-state index in [-0.39, 0.29) is 18.2 Å². The summed E-state index contributed by atoms with van der Waals surface area (Å²) in [5.41, 5.74) is 0. The molecule has 100 valence electrons. The molecule has 0 bridgehead atoms. The molecule has 1 amide bonds. The third kappa shape index (κ3) is 5.01. The highest BCUT2D eigenvalue weighted by Crippen LogP contribution is 2.12. The molecule has 0 spiro atoms. The van der Waals surface area contributed by atoms with Crippen LogP contribution in [0.25, 0.3) is 0 Å². The minimum Gasteiger partial charge on any atom is -0.354 e. The third-order valence-corrected chi connectivity index (χ3v) is 4.56. The van der Waals surface area contributed by atoms with Gasteiger partial charge in [0.1, 0.15) is 0 Å². The van der Waals surface area contributed by atoms with Crippen LogP contribution in [0.3, 0.4) is 0 Å². The average molecular weight is 263 g/mol. The number of amides is 1. The fourth-order valence-corrected chi connectivity index (χ4v) is 3.20. The highest BCUT2D eigenvalue weighted by atomic mass is 32.2. The van der Waals surface area contributed by atoms with Crippen LogP contribution in [0.2, 0.25) is 0 Å². The Labute approximate surface area is 103 Å². The van der Waals surface area contributed by atoms with Crippen LogP contribution in [0.4, 0.5) is 0 Å². The molecule has 0 aromatic rings. The molecule has 17 heavy (non-hydrogen) atoms. The van der Waals surface area contributed by atoms with Crippen molar-refractivity contribution in [2.75, 3.05) is 46.0 Å². The van der Waals surface area contributed by atoms with E-state index in [1.807, 2.05) is 19.0 Å². The van der Waals surface area contributed by atoms with Crippen molar-refractivity contribution in [2.24, 2.45) is 0 Å². The summed E-state index contributed by atoms with van der Waals surface area (Å²) in [5, 5.41) is 2.71. The summed E-state index contributed by atoms with van der Waals surface area (Å²) in [4.78, 5) is 13.5. The molecule has 1 aliphatic heterocycles. The monoisotopic (exact) mass is 263 g/mol. The Morgan fingerprint density at radius 3 is 2.65 bits per heavy atom. The first-order valence-electron chi connectivity index (χ1n) is 5.81. The van der Waals surface area contributed by atoms with Crippen LogP contribution in [-0.4, -0.2) is 69.6 Å². The predicted octanol–water partition coefficient (Wildman–Crippen LogP) is -0.910. The number of carbonyl (C=O) groups excluding carboxylic acids is 1. The van der Waals surface area contributed by atoms with E-state index in [1.165, 1.54) is 4.31 Å². The third-order valence-electron chi connectivity index (χ3n) is 2.65. The van der Waals surface area contributed by atoms with Crippen molar-refractivity contribution in [2.45, 2.75) is 12.8 Å². The largest absolute Gasteiger partial charge is 0.354 e. The van der Waals surface area contributed by atoms with Gasteiger partial charge in [0.15, 0.2) is 0 Å². The van der Waals surface area contributed by atoms with Gasteiger partial charge in [-0.1, -0.05) is 0 Å². The molecule has 0 saturated carbocycles. The first kappa shape index (κ1) is 14.4. The van der Waals surface area contributed by atoms with Gasteiger partial charge in [0.2, 0.25) is 15.9 Å². The van der Waals surface area contributed by atoms with Crippen LogP contribution in [-0.2, 0) is 14.8 Å². The van der Waals surface area contributed by atoms with Gasteiger partial charge < -0.3 is 10.2 Å². The molecule has 1 fully saturated rings. The topological polar surface area (TPSA) is 69.7 Å². The van der Waals surface area contributed by atoms with Gasteiger partial charge in [-0.05, 0) is 26.9 Å². The Balaban J connectivity index is 2.35. The summed E-state index contributed by atoms with van der Waals surface area (Å²) in [5.74, 6) is -0.0600. The van der Waals surface area contributed by atoms with E-state index in [0.717, 1.165) is 13.0 Å². The lowest BCUT2D eigenvalue weighted by Crippen LogP contribution is -2.45. The Bertz CT molecular complexity index is 354. The Hall–Kier alpha value is -0.660. The van der Waals surface area contributed by atoms with Crippen LogP contribution in [0, 0.1) is 0 Å². The number of likely N-dealkylation sites (N-methyl/N-ethyl adjacent to an activating group) is 1. The van der Waals surface area contributed by atoms with E-state index in [9.17, 15) is 13.2 Å². The number of nitrogens with zero attached hydrogens (tertiary/aromatic N) is 2. The number of rotatable bonds is 5. The number of hydrogen-bond donors (Lipinski definition) is 1. The molecule has 6 nitrogen and oxygen atoms in total. The van der Waals surface area contributed by atoms with Crippen LogP contribution in [0.1, 0.15) is 12.8 Å². The van der Waals surface area contributed by atoms with E-state index >= 15 is 0 Å². The molecule has 1 saturated heterocycles. The van der Waals surface area contributed by atoms with E-state index < -0.39 is 10.0 Å². The predicted molar refractivity (Wildman–Crippen MR) is 66.2 cm³/mol. The van der Waals surface area contributed by atoms with E-state index in [4.69, 9.17) is 0 Å². The average Bonchev–Trinajstić information content (AvgIpc) is 2.20. The highest BCUT2D eigenvalue weighted by Gasteiger charge is 2.27. The lowest BCUT2D eigenvalue weighted by molar-refractivity contribution is -0.121. The number of nitrogens with one attached hydrogen (secondary N) is 1. The standard InChI is InChI=1S/C10H21N3O3S/c1-12(2)7-5-11-10(14)9-13-6-3-4-8-17(13,15)16/h3-9H2,1-2H3,(H,11,14). The van der Waals surface area contributed by atoms with Gasteiger partial charge in [-0.25, -0.2) is 8.42 Å². The molecule has 1 aliphatic rings. The smallest absolute Gasteiger partial charge is 0.235 e. The van der Waals surface area contributed by atoms with Crippen molar-refractivity contribution < 1.29 is 13.2 Å². The van der Waals surface area contributed by atoms with Crippen molar-refractivity contribution in [1.29, 1.82) is 0 Å². The van der Waals surface area contributed by atoms with Gasteiger partial charge in [-0.3, -0.25) is 4.79 Å². The molecular weight excluding hydrogens is 242 g/mol. The Morgan fingerprint density at radius 2 is 2.06 bits per heavy atom. The van der Waals surface area contributed by atoms with E-state index in [0.29, 0.717) is 19.5 Å². The second-order valence-electron chi connectivity index (χ2n) is 4.51. The van der Waals surface area contributed by atoms with Gasteiger partial charge in [0.25, 0.3) is 0 Å². The van der Waals surface area contributed by atoms with Gasteiger partial charge in [-0.15, -0.1) is 0 Å². The summed E-state index contributed by atoms with van der Waals surface area (Å²) in [6.45, 7) is 1.71. The Kier molecular flexibility index (Phi) is 5.35. The molecule has 0 unspecified atom stereocenters. The van der Waals surface area contributed by atoms with Crippen LogP contribution >= 0.6 is 0 Å². The maximum Gasteiger partial charge on any atom is 0.235 e. The summed E-state index contributed by atoms with van der Waals surface area (Å²) in [6.07, 6.45) is 1.53. The minimum absolute atomic E-state index is 0.0459. The molecular formula is C10H21N3O3S. The lowest BCUT2D eigenvalue weighted by Gasteiger charge is -2.25. The molecule has 1 rings (SSSR count).